The smallest absolute Gasteiger partial charge is 0.323 e. The summed E-state index contributed by atoms with van der Waals surface area (Å²) in [5.41, 5.74) is 1.48. The van der Waals surface area contributed by atoms with E-state index in [9.17, 15) is 9.59 Å². The van der Waals surface area contributed by atoms with Crippen molar-refractivity contribution in [2.75, 3.05) is 0 Å². The number of benzene rings is 1. The first kappa shape index (κ1) is 14.1. The molecular formula is C17H22N2O2. The third-order valence-electron chi connectivity index (χ3n) is 5.09. The fourth-order valence-electron chi connectivity index (χ4n) is 3.60. The van der Waals surface area contributed by atoms with Gasteiger partial charge < -0.3 is 5.32 Å². The van der Waals surface area contributed by atoms with E-state index < -0.39 is 5.54 Å². The molecule has 0 aromatic heterocycles. The summed E-state index contributed by atoms with van der Waals surface area (Å²) in [5, 5.41) is 3.00. The SMILES string of the molecule is Cc1ccccc1CN1C(=O)N[C@]2(CCCC[C@@H]2C)C1=O. The van der Waals surface area contributed by atoms with Crippen molar-refractivity contribution in [2.45, 2.75) is 51.6 Å². The molecule has 3 amide bonds. The number of carbonyl (C=O) groups is 2. The van der Waals surface area contributed by atoms with Crippen LogP contribution in [-0.2, 0) is 11.3 Å². The van der Waals surface area contributed by atoms with Crippen molar-refractivity contribution in [3.05, 3.63) is 35.4 Å². The maximum absolute atomic E-state index is 12.9. The molecule has 1 N–H and O–H groups in total. The van der Waals surface area contributed by atoms with Crippen molar-refractivity contribution in [3.8, 4) is 0 Å². The van der Waals surface area contributed by atoms with E-state index in [1.165, 1.54) is 4.90 Å². The maximum atomic E-state index is 12.9. The Labute approximate surface area is 125 Å². The fourth-order valence-corrected chi connectivity index (χ4v) is 3.60. The second-order valence-electron chi connectivity index (χ2n) is 6.37. The summed E-state index contributed by atoms with van der Waals surface area (Å²) >= 11 is 0. The van der Waals surface area contributed by atoms with E-state index >= 15 is 0 Å². The van der Waals surface area contributed by atoms with Gasteiger partial charge in [-0.1, -0.05) is 44.0 Å². The number of aryl methyl sites for hydroxylation is 1. The number of nitrogens with zero attached hydrogens (tertiary/aromatic N) is 1. The van der Waals surface area contributed by atoms with E-state index in [1.807, 2.05) is 31.2 Å². The Bertz CT molecular complexity index is 584. The average Bonchev–Trinajstić information content (AvgIpc) is 2.70. The van der Waals surface area contributed by atoms with E-state index in [2.05, 4.69) is 12.2 Å². The van der Waals surface area contributed by atoms with Crippen molar-refractivity contribution in [1.82, 2.24) is 10.2 Å². The van der Waals surface area contributed by atoms with Gasteiger partial charge in [-0.2, -0.15) is 0 Å². The molecule has 1 spiro atoms. The first-order valence-corrected chi connectivity index (χ1v) is 7.73. The third kappa shape index (κ3) is 2.23. The van der Waals surface area contributed by atoms with Gasteiger partial charge in [-0.25, -0.2) is 4.79 Å². The lowest BCUT2D eigenvalue weighted by Crippen LogP contribution is -2.53. The Hall–Kier alpha value is -1.84. The largest absolute Gasteiger partial charge is 0.325 e. The summed E-state index contributed by atoms with van der Waals surface area (Å²) in [5.74, 6) is 0.174. The molecule has 1 aromatic carbocycles. The van der Waals surface area contributed by atoms with Crippen molar-refractivity contribution in [2.24, 2.45) is 5.92 Å². The highest BCUT2D eigenvalue weighted by Gasteiger charge is 2.54. The average molecular weight is 286 g/mol. The molecular weight excluding hydrogens is 264 g/mol. The molecule has 0 unspecified atom stereocenters. The summed E-state index contributed by atoms with van der Waals surface area (Å²) in [6, 6.07) is 7.66. The number of carbonyl (C=O) groups excluding carboxylic acids is 2. The van der Waals surface area contributed by atoms with Gasteiger partial charge in [0.25, 0.3) is 5.91 Å². The summed E-state index contributed by atoms with van der Waals surface area (Å²) < 4.78 is 0. The molecule has 0 radical (unpaired) electrons. The zero-order valence-corrected chi connectivity index (χ0v) is 12.7. The minimum atomic E-state index is -0.655. The Morgan fingerprint density at radius 2 is 2.05 bits per heavy atom. The molecule has 1 aliphatic carbocycles. The molecule has 0 bridgehead atoms. The zero-order chi connectivity index (χ0) is 15.0. The van der Waals surface area contributed by atoms with Crippen LogP contribution in [0.5, 0.6) is 0 Å². The molecule has 21 heavy (non-hydrogen) atoms. The lowest BCUT2D eigenvalue weighted by Gasteiger charge is -2.36. The van der Waals surface area contributed by atoms with Crippen LogP contribution in [0.4, 0.5) is 4.79 Å². The monoisotopic (exact) mass is 286 g/mol. The van der Waals surface area contributed by atoms with Gasteiger partial charge >= 0.3 is 6.03 Å². The minimum absolute atomic E-state index is 0.0389. The molecule has 1 saturated heterocycles. The molecule has 2 fully saturated rings. The van der Waals surface area contributed by atoms with E-state index in [-0.39, 0.29) is 17.9 Å². The number of hydrogen-bond acceptors (Lipinski definition) is 2. The highest BCUT2D eigenvalue weighted by atomic mass is 16.2. The molecule has 2 aliphatic rings. The van der Waals surface area contributed by atoms with Crippen molar-refractivity contribution >= 4 is 11.9 Å². The predicted octanol–water partition coefficient (Wildman–Crippen LogP) is 3.00. The van der Waals surface area contributed by atoms with Gasteiger partial charge in [-0.05, 0) is 36.8 Å². The van der Waals surface area contributed by atoms with Gasteiger partial charge in [0.15, 0.2) is 0 Å². The van der Waals surface area contributed by atoms with Crippen LogP contribution in [0.15, 0.2) is 24.3 Å². The van der Waals surface area contributed by atoms with Gasteiger partial charge in [0.2, 0.25) is 0 Å². The maximum Gasteiger partial charge on any atom is 0.325 e. The number of urea groups is 1. The van der Waals surface area contributed by atoms with Gasteiger partial charge in [0, 0.05) is 0 Å². The van der Waals surface area contributed by atoms with E-state index in [4.69, 9.17) is 0 Å². The number of imide groups is 1. The van der Waals surface area contributed by atoms with Gasteiger partial charge in [0.1, 0.15) is 5.54 Å². The van der Waals surface area contributed by atoms with Gasteiger partial charge in [0.05, 0.1) is 6.54 Å². The molecule has 112 valence electrons. The lowest BCUT2D eigenvalue weighted by molar-refractivity contribution is -0.134. The first-order valence-electron chi connectivity index (χ1n) is 7.73. The van der Waals surface area contributed by atoms with Crippen molar-refractivity contribution in [3.63, 3.8) is 0 Å². The van der Waals surface area contributed by atoms with Gasteiger partial charge in [-0.15, -0.1) is 0 Å². The van der Waals surface area contributed by atoms with Crippen molar-refractivity contribution < 1.29 is 9.59 Å². The normalized spacial score (nSPS) is 29.0. The number of rotatable bonds is 2. The molecule has 2 atom stereocenters. The topological polar surface area (TPSA) is 49.4 Å². The predicted molar refractivity (Wildman–Crippen MR) is 80.6 cm³/mol. The third-order valence-corrected chi connectivity index (χ3v) is 5.09. The van der Waals surface area contributed by atoms with Crippen molar-refractivity contribution in [1.29, 1.82) is 0 Å². The van der Waals surface area contributed by atoms with Crippen LogP contribution in [0.1, 0.15) is 43.7 Å². The molecule has 1 aliphatic heterocycles. The molecule has 1 heterocycles. The Kier molecular flexibility index (Phi) is 3.47. The van der Waals surface area contributed by atoms with Gasteiger partial charge in [-0.3, -0.25) is 9.69 Å². The standard InChI is InChI=1S/C17H22N2O2/c1-12-7-3-4-9-14(12)11-19-15(20)17(18-16(19)21)10-6-5-8-13(17)2/h3-4,7,9,13H,5-6,8,10-11H2,1-2H3,(H,18,21)/t13-,17-/m0/s1. The van der Waals surface area contributed by atoms with Crippen LogP contribution in [-0.4, -0.2) is 22.4 Å². The number of nitrogens with one attached hydrogen (secondary N) is 1. The summed E-state index contributed by atoms with van der Waals surface area (Å²) in [6.07, 6.45) is 3.92. The second-order valence-corrected chi connectivity index (χ2v) is 6.37. The van der Waals surface area contributed by atoms with Crippen LogP contribution in [0.3, 0.4) is 0 Å². The Morgan fingerprint density at radius 3 is 2.76 bits per heavy atom. The Morgan fingerprint density at radius 1 is 1.29 bits per heavy atom. The van der Waals surface area contributed by atoms with E-state index in [0.717, 1.165) is 36.8 Å². The second kappa shape index (κ2) is 5.17. The lowest BCUT2D eigenvalue weighted by atomic mass is 9.73. The van der Waals surface area contributed by atoms with E-state index in [0.29, 0.717) is 6.54 Å². The molecule has 4 nitrogen and oxygen atoms in total. The Balaban J connectivity index is 1.86. The quantitative estimate of drug-likeness (QED) is 0.850. The summed E-state index contributed by atoms with van der Waals surface area (Å²) in [6.45, 7) is 4.45. The molecule has 1 saturated carbocycles. The van der Waals surface area contributed by atoms with Crippen LogP contribution >= 0.6 is 0 Å². The number of hydrogen-bond donors (Lipinski definition) is 1. The summed E-state index contributed by atoms with van der Waals surface area (Å²) in [4.78, 5) is 26.6. The molecule has 1 aromatic rings. The minimum Gasteiger partial charge on any atom is -0.323 e. The summed E-state index contributed by atoms with van der Waals surface area (Å²) in [7, 11) is 0. The highest BCUT2D eigenvalue weighted by molar-refractivity contribution is 6.07. The highest BCUT2D eigenvalue weighted by Crippen LogP contribution is 2.38. The molecule has 3 rings (SSSR count). The first-order chi connectivity index (χ1) is 10.0. The van der Waals surface area contributed by atoms with Crippen LogP contribution in [0.25, 0.3) is 0 Å². The van der Waals surface area contributed by atoms with Crippen LogP contribution < -0.4 is 5.32 Å². The molecule has 4 heteroatoms. The number of amides is 3. The van der Waals surface area contributed by atoms with Crippen LogP contribution in [0, 0.1) is 12.8 Å². The van der Waals surface area contributed by atoms with Crippen LogP contribution in [0.2, 0.25) is 0 Å². The zero-order valence-electron chi connectivity index (χ0n) is 12.7. The van der Waals surface area contributed by atoms with E-state index in [1.54, 1.807) is 0 Å². The fraction of sp³-hybridized carbons (Fsp3) is 0.529.